The van der Waals surface area contributed by atoms with Crippen LogP contribution < -0.4 is 19.7 Å². The van der Waals surface area contributed by atoms with Crippen LogP contribution >= 0.6 is 0 Å². The molecule has 11 heteroatoms. The number of benzene rings is 3. The van der Waals surface area contributed by atoms with Gasteiger partial charge in [-0.3, -0.25) is 9.69 Å². The molecule has 0 radical (unpaired) electrons. The maximum atomic E-state index is 13.8. The second-order valence-electron chi connectivity index (χ2n) is 10.1. The SMILES string of the molecule is CCOc1cccc(-c2cc(CN3CCN(c4ccc(C(=O)Nc5ccc(OC)cc5)nn4)CC3)cc(C(F)(F)F)c2)c1. The Morgan fingerprint density at radius 3 is 2.30 bits per heavy atom. The highest BCUT2D eigenvalue weighted by Gasteiger charge is 2.31. The van der Waals surface area contributed by atoms with Crippen molar-refractivity contribution in [2.75, 3.05) is 50.1 Å². The Balaban J connectivity index is 1.21. The summed E-state index contributed by atoms with van der Waals surface area (Å²) in [6, 6.07) is 21.7. The van der Waals surface area contributed by atoms with Crippen LogP contribution in [-0.4, -0.2) is 60.9 Å². The molecule has 1 N–H and O–H groups in total. The third-order valence-corrected chi connectivity index (χ3v) is 7.13. The lowest BCUT2D eigenvalue weighted by molar-refractivity contribution is -0.137. The molecule has 3 aromatic carbocycles. The minimum Gasteiger partial charge on any atom is -0.497 e. The first-order valence-electron chi connectivity index (χ1n) is 13.9. The maximum absolute atomic E-state index is 13.8. The van der Waals surface area contributed by atoms with E-state index in [1.54, 1.807) is 67.8 Å². The van der Waals surface area contributed by atoms with Gasteiger partial charge in [0.05, 0.1) is 19.3 Å². The van der Waals surface area contributed by atoms with Crippen molar-refractivity contribution in [1.29, 1.82) is 0 Å². The van der Waals surface area contributed by atoms with Crippen LogP contribution in [0.3, 0.4) is 0 Å². The lowest BCUT2D eigenvalue weighted by Crippen LogP contribution is -2.46. The second kappa shape index (κ2) is 13.1. The standard InChI is InChI=1S/C32H32F3N5O3/c1-3-43-28-6-4-5-23(20-28)24-17-22(18-25(19-24)32(33,34)35)21-39-13-15-40(16-14-39)30-12-11-29(37-38-30)31(41)36-26-7-9-27(42-2)10-8-26/h4-12,17-20H,3,13-16,21H2,1-2H3,(H,36,41). The van der Waals surface area contributed by atoms with Gasteiger partial charge in [0.2, 0.25) is 0 Å². The summed E-state index contributed by atoms with van der Waals surface area (Å²) in [7, 11) is 1.57. The van der Waals surface area contributed by atoms with E-state index in [4.69, 9.17) is 9.47 Å². The van der Waals surface area contributed by atoms with Crippen molar-refractivity contribution in [2.24, 2.45) is 0 Å². The topological polar surface area (TPSA) is 79.8 Å². The van der Waals surface area contributed by atoms with Gasteiger partial charge in [-0.2, -0.15) is 13.2 Å². The monoisotopic (exact) mass is 591 g/mol. The first kappa shape index (κ1) is 29.8. The van der Waals surface area contributed by atoms with Crippen molar-refractivity contribution in [3.63, 3.8) is 0 Å². The van der Waals surface area contributed by atoms with E-state index in [0.29, 0.717) is 79.0 Å². The van der Waals surface area contributed by atoms with Crippen molar-refractivity contribution < 1.29 is 27.4 Å². The summed E-state index contributed by atoms with van der Waals surface area (Å²) in [5.74, 6) is 1.56. The molecule has 2 heterocycles. The molecule has 8 nitrogen and oxygen atoms in total. The van der Waals surface area contributed by atoms with E-state index < -0.39 is 11.7 Å². The quantitative estimate of drug-likeness (QED) is 0.250. The number of nitrogens with one attached hydrogen (secondary N) is 1. The van der Waals surface area contributed by atoms with Crippen molar-refractivity contribution >= 4 is 17.4 Å². The fraction of sp³-hybridized carbons (Fsp3) is 0.281. The van der Waals surface area contributed by atoms with E-state index in [0.717, 1.165) is 0 Å². The Hall–Kier alpha value is -4.64. The molecule has 4 aromatic rings. The van der Waals surface area contributed by atoms with E-state index in [9.17, 15) is 18.0 Å². The zero-order valence-electron chi connectivity index (χ0n) is 23.9. The molecule has 1 aromatic heterocycles. The van der Waals surface area contributed by atoms with Gasteiger partial charge in [-0.05, 0) is 90.3 Å². The Morgan fingerprint density at radius 1 is 0.884 bits per heavy atom. The molecule has 0 bridgehead atoms. The van der Waals surface area contributed by atoms with Crippen LogP contribution in [0.5, 0.6) is 11.5 Å². The van der Waals surface area contributed by atoms with Gasteiger partial charge in [-0.1, -0.05) is 12.1 Å². The number of rotatable bonds is 9. The summed E-state index contributed by atoms with van der Waals surface area (Å²) in [6.45, 7) is 5.22. The normalized spacial score (nSPS) is 13.9. The fourth-order valence-electron chi connectivity index (χ4n) is 4.92. The van der Waals surface area contributed by atoms with E-state index in [1.165, 1.54) is 12.1 Å². The van der Waals surface area contributed by atoms with Gasteiger partial charge in [-0.25, -0.2) is 0 Å². The molecule has 0 saturated carbocycles. The van der Waals surface area contributed by atoms with Crippen LogP contribution in [0.25, 0.3) is 11.1 Å². The summed E-state index contributed by atoms with van der Waals surface area (Å²) in [5, 5.41) is 11.1. The number of nitrogens with zero attached hydrogens (tertiary/aromatic N) is 4. The zero-order chi connectivity index (χ0) is 30.4. The number of amides is 1. The number of aromatic nitrogens is 2. The first-order chi connectivity index (χ1) is 20.7. The Morgan fingerprint density at radius 2 is 1.65 bits per heavy atom. The average Bonchev–Trinajstić information content (AvgIpc) is 3.02. The Labute approximate surface area is 248 Å². The first-order valence-corrected chi connectivity index (χ1v) is 13.9. The molecule has 1 aliphatic heterocycles. The van der Waals surface area contributed by atoms with E-state index in [-0.39, 0.29) is 11.6 Å². The molecule has 1 fully saturated rings. The molecule has 224 valence electrons. The van der Waals surface area contributed by atoms with E-state index in [2.05, 4.69) is 20.4 Å². The molecular formula is C32H32F3N5O3. The Kier molecular flexibility index (Phi) is 9.10. The summed E-state index contributed by atoms with van der Waals surface area (Å²) in [4.78, 5) is 16.7. The van der Waals surface area contributed by atoms with Crippen LogP contribution in [0.4, 0.5) is 24.7 Å². The molecule has 43 heavy (non-hydrogen) atoms. The van der Waals surface area contributed by atoms with Gasteiger partial charge in [0.1, 0.15) is 11.5 Å². The number of ether oxygens (including phenoxy) is 2. The molecule has 1 saturated heterocycles. The van der Waals surface area contributed by atoms with Gasteiger partial charge < -0.3 is 19.7 Å². The molecule has 1 aliphatic rings. The van der Waals surface area contributed by atoms with Crippen LogP contribution in [0, 0.1) is 0 Å². The number of piperazine rings is 1. The highest BCUT2D eigenvalue weighted by atomic mass is 19.4. The molecule has 1 amide bonds. The van der Waals surface area contributed by atoms with Crippen LogP contribution in [0.15, 0.2) is 78.9 Å². The van der Waals surface area contributed by atoms with Crippen molar-refractivity contribution in [3.05, 3.63) is 95.7 Å². The number of hydrogen-bond acceptors (Lipinski definition) is 7. The number of carbonyl (C=O) groups excluding carboxylic acids is 1. The zero-order valence-corrected chi connectivity index (χ0v) is 23.9. The van der Waals surface area contributed by atoms with Crippen LogP contribution in [-0.2, 0) is 12.7 Å². The average molecular weight is 592 g/mol. The predicted octanol–water partition coefficient (Wildman–Crippen LogP) is 6.14. The summed E-state index contributed by atoms with van der Waals surface area (Å²) in [6.07, 6.45) is -4.46. The minimum absolute atomic E-state index is 0.186. The fourth-order valence-corrected chi connectivity index (χ4v) is 4.92. The predicted molar refractivity (Wildman–Crippen MR) is 159 cm³/mol. The smallest absolute Gasteiger partial charge is 0.416 e. The third-order valence-electron chi connectivity index (χ3n) is 7.13. The molecule has 0 unspecified atom stereocenters. The van der Waals surface area contributed by atoms with Gasteiger partial charge in [0.25, 0.3) is 5.91 Å². The summed E-state index contributed by atoms with van der Waals surface area (Å²) < 4.78 is 52.1. The van der Waals surface area contributed by atoms with Crippen LogP contribution in [0.2, 0.25) is 0 Å². The van der Waals surface area contributed by atoms with Crippen molar-refractivity contribution in [3.8, 4) is 22.6 Å². The van der Waals surface area contributed by atoms with Crippen LogP contribution in [0.1, 0.15) is 28.5 Å². The largest absolute Gasteiger partial charge is 0.497 e. The third kappa shape index (κ3) is 7.61. The lowest BCUT2D eigenvalue weighted by Gasteiger charge is -2.35. The summed E-state index contributed by atoms with van der Waals surface area (Å²) in [5.41, 5.74) is 1.88. The minimum atomic E-state index is -4.46. The molecular weight excluding hydrogens is 559 g/mol. The van der Waals surface area contributed by atoms with E-state index in [1.807, 2.05) is 17.9 Å². The van der Waals surface area contributed by atoms with Gasteiger partial charge in [-0.15, -0.1) is 10.2 Å². The lowest BCUT2D eigenvalue weighted by atomic mass is 9.99. The molecule has 0 aliphatic carbocycles. The van der Waals surface area contributed by atoms with E-state index >= 15 is 0 Å². The molecule has 0 atom stereocenters. The Bertz CT molecular complexity index is 1540. The number of hydrogen-bond donors (Lipinski definition) is 1. The van der Waals surface area contributed by atoms with Crippen molar-refractivity contribution in [1.82, 2.24) is 15.1 Å². The molecule has 5 rings (SSSR count). The number of methoxy groups -OCH3 is 1. The summed E-state index contributed by atoms with van der Waals surface area (Å²) >= 11 is 0. The highest BCUT2D eigenvalue weighted by molar-refractivity contribution is 6.02. The second-order valence-corrected chi connectivity index (χ2v) is 10.1. The number of alkyl halides is 3. The highest BCUT2D eigenvalue weighted by Crippen LogP contribution is 2.35. The van der Waals surface area contributed by atoms with Gasteiger partial charge in [0.15, 0.2) is 11.5 Å². The van der Waals surface area contributed by atoms with Crippen molar-refractivity contribution in [2.45, 2.75) is 19.6 Å². The number of halogens is 3. The maximum Gasteiger partial charge on any atom is 0.416 e. The number of carbonyl (C=O) groups is 1. The van der Waals surface area contributed by atoms with Gasteiger partial charge in [0, 0.05) is 38.4 Å². The number of anilines is 2. The van der Waals surface area contributed by atoms with Gasteiger partial charge >= 0.3 is 6.18 Å². The molecule has 0 spiro atoms.